The highest BCUT2D eigenvalue weighted by Crippen LogP contribution is 2.23. The van der Waals surface area contributed by atoms with Crippen LogP contribution in [0.25, 0.3) is 0 Å². The topological polar surface area (TPSA) is 41.6 Å². The first-order chi connectivity index (χ1) is 11.0. The zero-order valence-corrected chi connectivity index (χ0v) is 15.4. The van der Waals surface area contributed by atoms with Crippen LogP contribution in [0.3, 0.4) is 0 Å². The van der Waals surface area contributed by atoms with Crippen molar-refractivity contribution >= 4 is 6.09 Å². The lowest BCUT2D eigenvalue weighted by molar-refractivity contribution is 0.0220. The molecule has 2 rings (SSSR count). The fourth-order valence-electron chi connectivity index (χ4n) is 3.81. The molecular formula is C19H36N2O2. The first kappa shape index (κ1) is 18.6. The smallest absolute Gasteiger partial charge is 0.410 e. The molecule has 1 amide bonds. The van der Waals surface area contributed by atoms with Crippen LogP contribution in [-0.2, 0) is 4.74 Å². The normalized spacial score (nSPS) is 24.3. The number of hydrogen-bond acceptors (Lipinski definition) is 3. The van der Waals surface area contributed by atoms with Crippen LogP contribution in [0.5, 0.6) is 0 Å². The molecule has 1 saturated carbocycles. The first-order valence-electron chi connectivity index (χ1n) is 9.69. The Morgan fingerprint density at radius 2 is 1.70 bits per heavy atom. The molecule has 0 aromatic heterocycles. The van der Waals surface area contributed by atoms with Gasteiger partial charge in [-0.1, -0.05) is 32.1 Å². The second kappa shape index (κ2) is 8.91. The number of carbonyl (C=O) groups excluding carboxylic acids is 1. The van der Waals surface area contributed by atoms with Gasteiger partial charge in [0.15, 0.2) is 0 Å². The molecule has 1 aliphatic heterocycles. The van der Waals surface area contributed by atoms with E-state index in [0.29, 0.717) is 12.1 Å². The fraction of sp³-hybridized carbons (Fsp3) is 0.947. The van der Waals surface area contributed by atoms with E-state index in [2.05, 4.69) is 5.32 Å². The summed E-state index contributed by atoms with van der Waals surface area (Å²) in [7, 11) is 0. The predicted molar refractivity (Wildman–Crippen MR) is 94.7 cm³/mol. The Bertz CT molecular complexity index is 357. The van der Waals surface area contributed by atoms with Crippen molar-refractivity contribution in [2.75, 3.05) is 13.1 Å². The van der Waals surface area contributed by atoms with Crippen LogP contribution in [-0.4, -0.2) is 41.8 Å². The van der Waals surface area contributed by atoms with Gasteiger partial charge in [-0.2, -0.15) is 0 Å². The zero-order chi connectivity index (χ0) is 16.7. The number of rotatable bonds is 4. The lowest BCUT2D eigenvalue weighted by Gasteiger charge is -2.29. The number of nitrogens with one attached hydrogen (secondary N) is 1. The highest BCUT2D eigenvalue weighted by Gasteiger charge is 2.31. The molecular weight excluding hydrogens is 288 g/mol. The third-order valence-corrected chi connectivity index (χ3v) is 5.02. The van der Waals surface area contributed by atoms with E-state index in [0.717, 1.165) is 32.4 Å². The Hall–Kier alpha value is -0.770. The Morgan fingerprint density at radius 1 is 1.04 bits per heavy atom. The van der Waals surface area contributed by atoms with Crippen molar-refractivity contribution in [2.24, 2.45) is 0 Å². The molecule has 2 aliphatic rings. The molecule has 2 fully saturated rings. The van der Waals surface area contributed by atoms with E-state index in [1.54, 1.807) is 0 Å². The van der Waals surface area contributed by atoms with Crippen LogP contribution < -0.4 is 5.32 Å². The van der Waals surface area contributed by atoms with Crippen molar-refractivity contribution in [2.45, 2.75) is 103 Å². The van der Waals surface area contributed by atoms with Crippen molar-refractivity contribution in [1.82, 2.24) is 10.2 Å². The minimum absolute atomic E-state index is 0.133. The van der Waals surface area contributed by atoms with Crippen molar-refractivity contribution in [3.8, 4) is 0 Å². The summed E-state index contributed by atoms with van der Waals surface area (Å²) >= 11 is 0. The second-order valence-corrected chi connectivity index (χ2v) is 8.25. The highest BCUT2D eigenvalue weighted by atomic mass is 16.6. The molecule has 1 unspecified atom stereocenters. The molecule has 23 heavy (non-hydrogen) atoms. The van der Waals surface area contributed by atoms with E-state index in [1.165, 1.54) is 44.9 Å². The van der Waals surface area contributed by atoms with Crippen molar-refractivity contribution in [1.29, 1.82) is 0 Å². The maximum atomic E-state index is 12.3. The lowest BCUT2D eigenvalue weighted by atomic mass is 9.96. The molecule has 0 bridgehead atoms. The average Bonchev–Trinajstić information content (AvgIpc) is 2.87. The highest BCUT2D eigenvalue weighted by molar-refractivity contribution is 5.68. The average molecular weight is 325 g/mol. The van der Waals surface area contributed by atoms with Crippen LogP contribution >= 0.6 is 0 Å². The Balaban J connectivity index is 1.72. The third-order valence-electron chi connectivity index (χ3n) is 5.02. The maximum absolute atomic E-state index is 12.3. The summed E-state index contributed by atoms with van der Waals surface area (Å²) in [5.41, 5.74) is -0.401. The van der Waals surface area contributed by atoms with Gasteiger partial charge < -0.3 is 15.0 Å². The van der Waals surface area contributed by atoms with Gasteiger partial charge in [0.1, 0.15) is 5.60 Å². The molecule has 1 heterocycles. The molecule has 134 valence electrons. The molecule has 4 heteroatoms. The monoisotopic (exact) mass is 324 g/mol. The predicted octanol–water partition coefficient (Wildman–Crippen LogP) is 4.48. The van der Waals surface area contributed by atoms with Gasteiger partial charge in [0, 0.05) is 18.6 Å². The molecule has 1 atom stereocenters. The molecule has 0 aromatic rings. The van der Waals surface area contributed by atoms with Crippen LogP contribution in [0.4, 0.5) is 4.79 Å². The van der Waals surface area contributed by atoms with Crippen LogP contribution in [0.15, 0.2) is 0 Å². The SMILES string of the molecule is CC(C)(C)OC(=O)N1CCCC1CCNC1CCCCCCC1. The van der Waals surface area contributed by atoms with Gasteiger partial charge in [-0.05, 0) is 59.4 Å². The minimum Gasteiger partial charge on any atom is -0.444 e. The van der Waals surface area contributed by atoms with Gasteiger partial charge >= 0.3 is 6.09 Å². The van der Waals surface area contributed by atoms with Crippen LogP contribution in [0.1, 0.15) is 85.0 Å². The standard InChI is InChI=1S/C19H36N2O2/c1-19(2,3)23-18(22)21-15-9-12-17(21)13-14-20-16-10-7-5-4-6-8-11-16/h16-17,20H,4-15H2,1-3H3. The van der Waals surface area contributed by atoms with Crippen molar-refractivity contribution in [3.63, 3.8) is 0 Å². The largest absolute Gasteiger partial charge is 0.444 e. The molecule has 0 aromatic carbocycles. The summed E-state index contributed by atoms with van der Waals surface area (Å²) < 4.78 is 5.55. The lowest BCUT2D eigenvalue weighted by Crippen LogP contribution is -2.41. The summed E-state index contributed by atoms with van der Waals surface area (Å²) in [5.74, 6) is 0. The van der Waals surface area contributed by atoms with Crippen molar-refractivity contribution < 1.29 is 9.53 Å². The maximum Gasteiger partial charge on any atom is 0.410 e. The number of carbonyl (C=O) groups is 1. The summed E-state index contributed by atoms with van der Waals surface area (Å²) in [5, 5.41) is 3.75. The molecule has 0 radical (unpaired) electrons. The summed E-state index contributed by atoms with van der Waals surface area (Å²) in [4.78, 5) is 14.3. The number of amides is 1. The molecule has 1 aliphatic carbocycles. The van der Waals surface area contributed by atoms with Crippen molar-refractivity contribution in [3.05, 3.63) is 0 Å². The van der Waals surface area contributed by atoms with Gasteiger partial charge in [-0.15, -0.1) is 0 Å². The molecule has 1 saturated heterocycles. The van der Waals surface area contributed by atoms with E-state index in [9.17, 15) is 4.79 Å². The Kier molecular flexibility index (Phi) is 7.19. The van der Waals surface area contributed by atoms with Crippen LogP contribution in [0.2, 0.25) is 0 Å². The van der Waals surface area contributed by atoms with Gasteiger partial charge in [0.05, 0.1) is 0 Å². The Morgan fingerprint density at radius 3 is 2.35 bits per heavy atom. The number of hydrogen-bond donors (Lipinski definition) is 1. The first-order valence-corrected chi connectivity index (χ1v) is 9.69. The van der Waals surface area contributed by atoms with E-state index < -0.39 is 5.60 Å². The second-order valence-electron chi connectivity index (χ2n) is 8.25. The van der Waals surface area contributed by atoms with Gasteiger partial charge in [0.25, 0.3) is 0 Å². The quantitative estimate of drug-likeness (QED) is 0.829. The fourth-order valence-corrected chi connectivity index (χ4v) is 3.81. The zero-order valence-electron chi connectivity index (χ0n) is 15.4. The molecule has 4 nitrogen and oxygen atoms in total. The number of ether oxygens (including phenoxy) is 1. The van der Waals surface area contributed by atoms with E-state index >= 15 is 0 Å². The number of likely N-dealkylation sites (tertiary alicyclic amines) is 1. The summed E-state index contributed by atoms with van der Waals surface area (Å²) in [6, 6.07) is 1.04. The van der Waals surface area contributed by atoms with E-state index in [-0.39, 0.29) is 6.09 Å². The molecule has 1 N–H and O–H groups in total. The van der Waals surface area contributed by atoms with E-state index in [4.69, 9.17) is 4.74 Å². The third kappa shape index (κ3) is 6.70. The summed E-state index contributed by atoms with van der Waals surface area (Å²) in [6.45, 7) is 7.68. The van der Waals surface area contributed by atoms with Gasteiger partial charge in [-0.25, -0.2) is 4.79 Å². The minimum atomic E-state index is -0.401. The van der Waals surface area contributed by atoms with Gasteiger partial charge in [0.2, 0.25) is 0 Å². The van der Waals surface area contributed by atoms with Gasteiger partial charge in [-0.3, -0.25) is 0 Å². The molecule has 0 spiro atoms. The van der Waals surface area contributed by atoms with E-state index in [1.807, 2.05) is 25.7 Å². The van der Waals surface area contributed by atoms with Crippen LogP contribution in [0, 0.1) is 0 Å². The number of nitrogens with zero attached hydrogens (tertiary/aromatic N) is 1. The summed E-state index contributed by atoms with van der Waals surface area (Å²) in [6.07, 6.45) is 12.7. The Labute approximate surface area is 142 Å².